The van der Waals surface area contributed by atoms with Gasteiger partial charge in [-0.15, -0.1) is 0 Å². The molecule has 0 spiro atoms. The molecule has 0 atom stereocenters. The Morgan fingerprint density at radius 2 is 1.73 bits per heavy atom. The van der Waals surface area contributed by atoms with Crippen LogP contribution in [0, 0.1) is 0 Å². The molecule has 7 nitrogen and oxygen atoms in total. The Morgan fingerprint density at radius 1 is 1.04 bits per heavy atom. The number of anilines is 1. The summed E-state index contributed by atoms with van der Waals surface area (Å²) in [5.41, 5.74) is 0.973. The number of aromatic carboxylic acids is 1. The molecule has 0 aromatic heterocycles. The number of hydrogen-bond acceptors (Lipinski definition) is 5. The Kier molecular flexibility index (Phi) is 6.08. The van der Waals surface area contributed by atoms with Crippen molar-refractivity contribution in [1.29, 1.82) is 0 Å². The van der Waals surface area contributed by atoms with E-state index in [1.807, 2.05) is 0 Å². The lowest BCUT2D eigenvalue weighted by Crippen LogP contribution is -2.15. The maximum Gasteiger partial charge on any atom is 0.335 e. The number of amides is 1. The molecular formula is C19H19NO6. The van der Waals surface area contributed by atoms with Gasteiger partial charge < -0.3 is 20.3 Å². The van der Waals surface area contributed by atoms with Crippen LogP contribution < -0.4 is 10.1 Å². The molecule has 2 aromatic rings. The third-order valence-corrected chi connectivity index (χ3v) is 3.62. The number of ether oxygens (including phenoxy) is 1. The van der Waals surface area contributed by atoms with E-state index in [4.69, 9.17) is 9.84 Å². The number of hydrogen-bond donors (Lipinski definition) is 3. The highest BCUT2D eigenvalue weighted by Gasteiger charge is 2.15. The normalized spacial score (nSPS) is 10.3. The first kappa shape index (κ1) is 19.1. The molecule has 0 saturated carbocycles. The van der Waals surface area contributed by atoms with E-state index in [1.54, 1.807) is 19.1 Å². The van der Waals surface area contributed by atoms with Crippen LogP contribution >= 0.6 is 0 Å². The highest BCUT2D eigenvalue weighted by Crippen LogP contribution is 2.27. The number of carboxylic acids is 1. The monoisotopic (exact) mass is 357 g/mol. The number of aliphatic hydroxyl groups is 1. The van der Waals surface area contributed by atoms with Crippen molar-refractivity contribution in [2.75, 3.05) is 11.9 Å². The SMILES string of the molecule is CCOc1ccc(C(C)=O)cc1NC(=O)c1cc(CO)cc(C(=O)O)c1. The minimum atomic E-state index is -1.21. The van der Waals surface area contributed by atoms with Crippen LogP contribution in [0.1, 0.15) is 50.5 Å². The van der Waals surface area contributed by atoms with Crippen molar-refractivity contribution in [3.05, 3.63) is 58.7 Å². The third kappa shape index (κ3) is 4.46. The molecule has 2 rings (SSSR count). The summed E-state index contributed by atoms with van der Waals surface area (Å²) in [7, 11) is 0. The van der Waals surface area contributed by atoms with Crippen molar-refractivity contribution in [3.63, 3.8) is 0 Å². The van der Waals surface area contributed by atoms with Crippen LogP contribution in [0.5, 0.6) is 5.75 Å². The molecule has 0 aliphatic heterocycles. The van der Waals surface area contributed by atoms with E-state index < -0.39 is 18.5 Å². The number of carbonyl (C=O) groups is 3. The van der Waals surface area contributed by atoms with E-state index in [0.717, 1.165) is 0 Å². The van der Waals surface area contributed by atoms with Gasteiger partial charge in [0.2, 0.25) is 0 Å². The fourth-order valence-corrected chi connectivity index (χ4v) is 2.36. The fraction of sp³-hybridized carbons (Fsp3) is 0.211. The standard InChI is InChI=1S/C19H19NO6/c1-3-26-17-5-4-13(11(2)22)9-16(17)20-18(23)14-6-12(10-21)7-15(8-14)19(24)25/h4-9,21H,3,10H2,1-2H3,(H,20,23)(H,24,25). The summed E-state index contributed by atoms with van der Waals surface area (Å²) in [4.78, 5) is 35.3. The van der Waals surface area contributed by atoms with Crippen LogP contribution in [-0.4, -0.2) is 34.5 Å². The van der Waals surface area contributed by atoms with Crippen LogP contribution in [-0.2, 0) is 6.61 Å². The molecule has 0 saturated heterocycles. The molecule has 3 N–H and O–H groups in total. The Hall–Kier alpha value is -3.19. The lowest BCUT2D eigenvalue weighted by molar-refractivity contribution is 0.0696. The molecular weight excluding hydrogens is 338 g/mol. The van der Waals surface area contributed by atoms with E-state index in [9.17, 15) is 19.5 Å². The molecule has 136 valence electrons. The maximum atomic E-state index is 12.6. The first-order valence-corrected chi connectivity index (χ1v) is 7.93. The van der Waals surface area contributed by atoms with Gasteiger partial charge in [-0.25, -0.2) is 4.79 Å². The summed E-state index contributed by atoms with van der Waals surface area (Å²) < 4.78 is 5.46. The van der Waals surface area contributed by atoms with Crippen molar-refractivity contribution < 1.29 is 29.3 Å². The van der Waals surface area contributed by atoms with Gasteiger partial charge in [-0.05, 0) is 55.8 Å². The molecule has 0 heterocycles. The summed E-state index contributed by atoms with van der Waals surface area (Å²) in [6.07, 6.45) is 0. The molecule has 0 aliphatic carbocycles. The van der Waals surface area contributed by atoms with Gasteiger partial charge in [0.1, 0.15) is 5.75 Å². The molecule has 7 heteroatoms. The second kappa shape index (κ2) is 8.26. The number of ketones is 1. The van der Waals surface area contributed by atoms with Crippen LogP contribution in [0.15, 0.2) is 36.4 Å². The van der Waals surface area contributed by atoms with E-state index in [0.29, 0.717) is 29.2 Å². The summed E-state index contributed by atoms with van der Waals surface area (Å²) in [6.45, 7) is 3.16. The summed E-state index contributed by atoms with van der Waals surface area (Å²) in [6, 6.07) is 8.59. The highest BCUT2D eigenvalue weighted by molar-refractivity contribution is 6.07. The smallest absolute Gasteiger partial charge is 0.335 e. The molecule has 0 unspecified atom stereocenters. The molecule has 0 fully saturated rings. The number of aliphatic hydroxyl groups excluding tert-OH is 1. The molecule has 1 amide bonds. The summed E-state index contributed by atoms with van der Waals surface area (Å²) >= 11 is 0. The molecule has 2 aromatic carbocycles. The quantitative estimate of drug-likeness (QED) is 0.657. The van der Waals surface area contributed by atoms with Gasteiger partial charge in [-0.1, -0.05) is 0 Å². The zero-order chi connectivity index (χ0) is 19.3. The number of nitrogens with one attached hydrogen (secondary N) is 1. The first-order valence-electron chi connectivity index (χ1n) is 7.93. The van der Waals surface area contributed by atoms with E-state index in [1.165, 1.54) is 31.2 Å². The first-order chi connectivity index (χ1) is 12.3. The average Bonchev–Trinajstić information content (AvgIpc) is 2.62. The molecule has 0 aliphatic rings. The largest absolute Gasteiger partial charge is 0.492 e. The second-order valence-electron chi connectivity index (χ2n) is 5.54. The predicted molar refractivity (Wildman–Crippen MR) is 94.9 cm³/mol. The van der Waals surface area contributed by atoms with Gasteiger partial charge in [0, 0.05) is 11.1 Å². The third-order valence-electron chi connectivity index (χ3n) is 3.62. The van der Waals surface area contributed by atoms with Gasteiger partial charge in [0.25, 0.3) is 5.91 Å². The predicted octanol–water partition coefficient (Wildman–Crippen LogP) is 2.73. The topological polar surface area (TPSA) is 113 Å². The van der Waals surface area contributed by atoms with Gasteiger partial charge in [-0.3, -0.25) is 9.59 Å². The average molecular weight is 357 g/mol. The van der Waals surface area contributed by atoms with Crippen molar-refractivity contribution in [2.45, 2.75) is 20.5 Å². The van der Waals surface area contributed by atoms with Crippen LogP contribution in [0.4, 0.5) is 5.69 Å². The Labute approximate surface area is 150 Å². The lowest BCUT2D eigenvalue weighted by Gasteiger charge is -2.13. The van der Waals surface area contributed by atoms with Gasteiger partial charge in [0.05, 0.1) is 24.5 Å². The van der Waals surface area contributed by atoms with E-state index in [2.05, 4.69) is 5.32 Å². The lowest BCUT2D eigenvalue weighted by atomic mass is 10.0. The number of rotatable bonds is 7. The van der Waals surface area contributed by atoms with E-state index in [-0.39, 0.29) is 16.9 Å². The van der Waals surface area contributed by atoms with Crippen molar-refractivity contribution in [3.8, 4) is 5.75 Å². The highest BCUT2D eigenvalue weighted by atomic mass is 16.5. The maximum absolute atomic E-state index is 12.6. The summed E-state index contributed by atoms with van der Waals surface area (Å²) in [5, 5.41) is 21.0. The number of benzene rings is 2. The minimum absolute atomic E-state index is 0.0737. The second-order valence-corrected chi connectivity index (χ2v) is 5.54. The Bertz CT molecular complexity index is 859. The van der Waals surface area contributed by atoms with Crippen molar-refractivity contribution in [1.82, 2.24) is 0 Å². The van der Waals surface area contributed by atoms with E-state index >= 15 is 0 Å². The molecule has 26 heavy (non-hydrogen) atoms. The Balaban J connectivity index is 2.40. The van der Waals surface area contributed by atoms with Gasteiger partial charge in [0.15, 0.2) is 5.78 Å². The number of carboxylic acid groups (broad SMARTS) is 1. The van der Waals surface area contributed by atoms with Crippen LogP contribution in [0.2, 0.25) is 0 Å². The minimum Gasteiger partial charge on any atom is -0.492 e. The zero-order valence-corrected chi connectivity index (χ0v) is 14.4. The van der Waals surface area contributed by atoms with Gasteiger partial charge >= 0.3 is 5.97 Å². The van der Waals surface area contributed by atoms with Crippen molar-refractivity contribution >= 4 is 23.3 Å². The van der Waals surface area contributed by atoms with Crippen molar-refractivity contribution in [2.24, 2.45) is 0 Å². The molecule has 0 radical (unpaired) electrons. The summed E-state index contributed by atoms with van der Waals surface area (Å²) in [5.74, 6) is -1.56. The molecule has 0 bridgehead atoms. The number of carbonyl (C=O) groups excluding carboxylic acids is 2. The number of Topliss-reactive ketones (excluding diaryl/α,β-unsaturated/α-hetero) is 1. The zero-order valence-electron chi connectivity index (χ0n) is 14.4. The van der Waals surface area contributed by atoms with Crippen LogP contribution in [0.3, 0.4) is 0 Å². The van der Waals surface area contributed by atoms with Crippen LogP contribution in [0.25, 0.3) is 0 Å². The Morgan fingerprint density at radius 3 is 2.31 bits per heavy atom. The van der Waals surface area contributed by atoms with Gasteiger partial charge in [-0.2, -0.15) is 0 Å². The fourth-order valence-electron chi connectivity index (χ4n) is 2.36.